The number of furan rings is 1. The van der Waals surface area contributed by atoms with Crippen molar-refractivity contribution in [2.75, 3.05) is 12.8 Å². The molecular weight excluding hydrogens is 244 g/mol. The van der Waals surface area contributed by atoms with Crippen LogP contribution in [0.15, 0.2) is 41.0 Å². The number of carbonyl (C=O) groups excluding carboxylic acids is 1. The first-order chi connectivity index (χ1) is 9.11. The fraction of sp³-hybridized carbons (Fsp3) is 0.214. The maximum Gasteiger partial charge on any atom is 0.255 e. The van der Waals surface area contributed by atoms with E-state index in [4.69, 9.17) is 14.9 Å². The third-order valence-corrected chi connectivity index (χ3v) is 2.79. The van der Waals surface area contributed by atoms with Crippen LogP contribution in [-0.2, 0) is 0 Å². The van der Waals surface area contributed by atoms with Crippen molar-refractivity contribution in [3.05, 3.63) is 47.9 Å². The minimum absolute atomic E-state index is 0.218. The van der Waals surface area contributed by atoms with E-state index in [1.165, 1.54) is 7.11 Å². The maximum absolute atomic E-state index is 12.2. The molecule has 0 radical (unpaired) electrons. The van der Waals surface area contributed by atoms with Crippen LogP contribution in [-0.4, -0.2) is 13.0 Å². The van der Waals surface area contributed by atoms with Crippen LogP contribution < -0.4 is 15.8 Å². The second kappa shape index (κ2) is 5.48. The minimum atomic E-state index is -0.235. The molecule has 1 unspecified atom stereocenters. The fourth-order valence-electron chi connectivity index (χ4n) is 1.78. The number of rotatable bonds is 4. The number of benzene rings is 1. The van der Waals surface area contributed by atoms with Crippen LogP contribution in [0.1, 0.15) is 29.1 Å². The van der Waals surface area contributed by atoms with E-state index < -0.39 is 0 Å². The minimum Gasteiger partial charge on any atom is -0.496 e. The molecular formula is C14H16N2O3. The van der Waals surface area contributed by atoms with E-state index >= 15 is 0 Å². The summed E-state index contributed by atoms with van der Waals surface area (Å²) in [6, 6.07) is 8.29. The molecule has 0 aliphatic carbocycles. The summed E-state index contributed by atoms with van der Waals surface area (Å²) in [4.78, 5) is 12.2. The summed E-state index contributed by atoms with van der Waals surface area (Å²) in [5.74, 6) is 0.910. The molecule has 5 heteroatoms. The number of nitrogens with one attached hydrogen (secondary N) is 1. The van der Waals surface area contributed by atoms with Crippen LogP contribution in [0.4, 0.5) is 5.69 Å². The fourth-order valence-corrected chi connectivity index (χ4v) is 1.78. The molecule has 0 fully saturated rings. The van der Waals surface area contributed by atoms with Crippen molar-refractivity contribution in [1.29, 1.82) is 0 Å². The van der Waals surface area contributed by atoms with E-state index in [1.54, 1.807) is 30.5 Å². The van der Waals surface area contributed by atoms with Crippen molar-refractivity contribution >= 4 is 11.6 Å². The number of ether oxygens (including phenoxy) is 1. The average molecular weight is 260 g/mol. The van der Waals surface area contributed by atoms with Crippen LogP contribution in [0, 0.1) is 0 Å². The van der Waals surface area contributed by atoms with Crippen molar-refractivity contribution in [3.8, 4) is 5.75 Å². The van der Waals surface area contributed by atoms with Gasteiger partial charge >= 0.3 is 0 Å². The molecule has 0 saturated heterocycles. The summed E-state index contributed by atoms with van der Waals surface area (Å²) >= 11 is 0. The normalized spacial score (nSPS) is 11.9. The van der Waals surface area contributed by atoms with Gasteiger partial charge in [-0.1, -0.05) is 0 Å². The van der Waals surface area contributed by atoms with Crippen LogP contribution in [0.5, 0.6) is 5.75 Å². The Kier molecular flexibility index (Phi) is 3.75. The van der Waals surface area contributed by atoms with Gasteiger partial charge in [0.15, 0.2) is 0 Å². The quantitative estimate of drug-likeness (QED) is 0.827. The molecule has 2 rings (SSSR count). The third kappa shape index (κ3) is 2.88. The highest BCUT2D eigenvalue weighted by Gasteiger charge is 2.16. The van der Waals surface area contributed by atoms with Gasteiger partial charge in [-0.15, -0.1) is 0 Å². The standard InChI is InChI=1S/C14H16N2O3/c1-9(12-4-3-7-19-12)16-14(17)11-6-5-10(15)8-13(11)18-2/h3-9H,15H2,1-2H3,(H,16,17). The van der Waals surface area contributed by atoms with Gasteiger partial charge in [-0.25, -0.2) is 0 Å². The molecule has 1 aromatic heterocycles. The number of hydrogen-bond donors (Lipinski definition) is 2. The number of anilines is 1. The van der Waals surface area contributed by atoms with Crippen LogP contribution in [0.25, 0.3) is 0 Å². The summed E-state index contributed by atoms with van der Waals surface area (Å²) in [5, 5.41) is 2.84. The van der Waals surface area contributed by atoms with Gasteiger partial charge in [-0.2, -0.15) is 0 Å². The number of hydrogen-bond acceptors (Lipinski definition) is 4. The molecule has 0 bridgehead atoms. The van der Waals surface area contributed by atoms with Gasteiger partial charge in [0.2, 0.25) is 0 Å². The topological polar surface area (TPSA) is 77.5 Å². The first-order valence-electron chi connectivity index (χ1n) is 5.89. The maximum atomic E-state index is 12.2. The van der Waals surface area contributed by atoms with Gasteiger partial charge in [-0.3, -0.25) is 4.79 Å². The van der Waals surface area contributed by atoms with E-state index in [0.717, 1.165) is 0 Å². The van der Waals surface area contributed by atoms with Gasteiger partial charge < -0.3 is 20.2 Å². The lowest BCUT2D eigenvalue weighted by Crippen LogP contribution is -2.26. The van der Waals surface area contributed by atoms with E-state index in [0.29, 0.717) is 22.8 Å². The first kappa shape index (κ1) is 13.0. The Balaban J connectivity index is 2.16. The predicted molar refractivity (Wildman–Crippen MR) is 72.0 cm³/mol. The zero-order valence-corrected chi connectivity index (χ0v) is 10.8. The molecule has 1 atom stereocenters. The molecule has 0 saturated carbocycles. The Morgan fingerprint density at radius 2 is 2.21 bits per heavy atom. The molecule has 100 valence electrons. The number of methoxy groups -OCH3 is 1. The van der Waals surface area contributed by atoms with Gasteiger partial charge in [0, 0.05) is 11.8 Å². The highest BCUT2D eigenvalue weighted by atomic mass is 16.5. The Morgan fingerprint density at radius 1 is 1.42 bits per heavy atom. The lowest BCUT2D eigenvalue weighted by molar-refractivity contribution is 0.0932. The Labute approximate surface area is 111 Å². The molecule has 0 aliphatic rings. The molecule has 3 N–H and O–H groups in total. The average Bonchev–Trinajstić information content (AvgIpc) is 2.92. The van der Waals surface area contributed by atoms with Gasteiger partial charge in [0.25, 0.3) is 5.91 Å². The monoisotopic (exact) mass is 260 g/mol. The molecule has 0 aliphatic heterocycles. The van der Waals surface area contributed by atoms with Crippen molar-refractivity contribution < 1.29 is 13.9 Å². The Hall–Kier alpha value is -2.43. The Morgan fingerprint density at radius 3 is 2.84 bits per heavy atom. The molecule has 5 nitrogen and oxygen atoms in total. The molecule has 1 aromatic carbocycles. The highest BCUT2D eigenvalue weighted by Crippen LogP contribution is 2.22. The number of amides is 1. The number of carbonyl (C=O) groups is 1. The first-order valence-corrected chi connectivity index (χ1v) is 5.89. The second-order valence-corrected chi connectivity index (χ2v) is 4.17. The van der Waals surface area contributed by atoms with Crippen molar-refractivity contribution in [1.82, 2.24) is 5.32 Å². The summed E-state index contributed by atoms with van der Waals surface area (Å²) in [6.07, 6.45) is 1.57. The van der Waals surface area contributed by atoms with Gasteiger partial charge in [0.05, 0.1) is 25.0 Å². The predicted octanol–water partition coefficient (Wildman–Crippen LogP) is 2.36. The van der Waals surface area contributed by atoms with Crippen molar-refractivity contribution in [2.24, 2.45) is 0 Å². The molecule has 2 aromatic rings. The van der Waals surface area contributed by atoms with Crippen LogP contribution in [0.2, 0.25) is 0 Å². The number of nitrogens with two attached hydrogens (primary N) is 1. The summed E-state index contributed by atoms with van der Waals surface area (Å²) in [7, 11) is 1.50. The number of nitrogen functional groups attached to an aromatic ring is 1. The Bertz CT molecular complexity index is 564. The lowest BCUT2D eigenvalue weighted by atomic mass is 10.1. The van der Waals surface area contributed by atoms with E-state index in [1.807, 2.05) is 13.0 Å². The van der Waals surface area contributed by atoms with Gasteiger partial charge in [0.1, 0.15) is 11.5 Å². The molecule has 1 amide bonds. The van der Waals surface area contributed by atoms with Gasteiger partial charge in [-0.05, 0) is 31.2 Å². The molecule has 0 spiro atoms. The van der Waals surface area contributed by atoms with Crippen molar-refractivity contribution in [3.63, 3.8) is 0 Å². The summed E-state index contributed by atoms with van der Waals surface area (Å²) in [6.45, 7) is 1.85. The van der Waals surface area contributed by atoms with Crippen LogP contribution >= 0.6 is 0 Å². The largest absolute Gasteiger partial charge is 0.496 e. The van der Waals surface area contributed by atoms with E-state index in [9.17, 15) is 4.79 Å². The van der Waals surface area contributed by atoms with E-state index in [-0.39, 0.29) is 11.9 Å². The SMILES string of the molecule is COc1cc(N)ccc1C(=O)NC(C)c1ccco1. The van der Waals surface area contributed by atoms with E-state index in [2.05, 4.69) is 5.32 Å². The summed E-state index contributed by atoms with van der Waals surface area (Å²) in [5.41, 5.74) is 6.64. The van der Waals surface area contributed by atoms with Crippen molar-refractivity contribution in [2.45, 2.75) is 13.0 Å². The smallest absolute Gasteiger partial charge is 0.255 e. The lowest BCUT2D eigenvalue weighted by Gasteiger charge is -2.13. The third-order valence-electron chi connectivity index (χ3n) is 2.79. The zero-order valence-electron chi connectivity index (χ0n) is 10.8. The summed E-state index contributed by atoms with van der Waals surface area (Å²) < 4.78 is 10.4. The second-order valence-electron chi connectivity index (χ2n) is 4.17. The van der Waals surface area contributed by atoms with Crippen LogP contribution in [0.3, 0.4) is 0 Å². The highest BCUT2D eigenvalue weighted by molar-refractivity contribution is 5.97. The zero-order chi connectivity index (χ0) is 13.8. The molecule has 19 heavy (non-hydrogen) atoms. The molecule has 1 heterocycles.